The van der Waals surface area contributed by atoms with Crippen LogP contribution in [0.25, 0.3) is 0 Å². The Labute approximate surface area is 175 Å². The summed E-state index contributed by atoms with van der Waals surface area (Å²) in [6.45, 7) is 8.70. The summed E-state index contributed by atoms with van der Waals surface area (Å²) in [5.41, 5.74) is 1.11. The van der Waals surface area contributed by atoms with Gasteiger partial charge in [-0.15, -0.1) is 11.3 Å². The van der Waals surface area contributed by atoms with Gasteiger partial charge in [-0.3, -0.25) is 9.59 Å². The van der Waals surface area contributed by atoms with Crippen molar-refractivity contribution in [1.29, 1.82) is 0 Å². The van der Waals surface area contributed by atoms with Crippen molar-refractivity contribution < 1.29 is 14.0 Å². The summed E-state index contributed by atoms with van der Waals surface area (Å²) in [7, 11) is 0. The van der Waals surface area contributed by atoms with Gasteiger partial charge in [0.2, 0.25) is 11.8 Å². The summed E-state index contributed by atoms with van der Waals surface area (Å²) >= 11 is 1.41. The highest BCUT2D eigenvalue weighted by Gasteiger charge is 2.32. The zero-order valence-electron chi connectivity index (χ0n) is 17.4. The van der Waals surface area contributed by atoms with E-state index < -0.39 is 5.41 Å². The zero-order valence-corrected chi connectivity index (χ0v) is 18.2. The van der Waals surface area contributed by atoms with Crippen molar-refractivity contribution in [2.24, 2.45) is 11.3 Å². The van der Waals surface area contributed by atoms with Gasteiger partial charge in [0, 0.05) is 41.9 Å². The third-order valence-electron chi connectivity index (χ3n) is 5.19. The minimum atomic E-state index is -0.396. The third-order valence-corrected chi connectivity index (χ3v) is 6.11. The molecule has 1 fully saturated rings. The monoisotopic (exact) mass is 417 g/mol. The number of halogens is 1. The first-order valence-corrected chi connectivity index (χ1v) is 10.7. The second-order valence-electron chi connectivity index (χ2n) is 8.70. The van der Waals surface area contributed by atoms with Crippen LogP contribution in [0, 0.1) is 24.1 Å². The largest absolute Gasteiger partial charge is 0.342 e. The Morgan fingerprint density at radius 2 is 1.97 bits per heavy atom. The average molecular weight is 418 g/mol. The van der Waals surface area contributed by atoms with Gasteiger partial charge < -0.3 is 10.2 Å². The van der Waals surface area contributed by atoms with Crippen LogP contribution in [0.1, 0.15) is 49.6 Å². The lowest BCUT2D eigenvalue weighted by Crippen LogP contribution is -2.45. The number of aryl methyl sites for hydroxylation is 1. The maximum Gasteiger partial charge on any atom is 0.229 e. The van der Waals surface area contributed by atoms with Crippen LogP contribution >= 0.6 is 11.3 Å². The number of nitrogens with zero attached hydrogens (tertiary/aromatic N) is 2. The van der Waals surface area contributed by atoms with Crippen molar-refractivity contribution in [2.75, 3.05) is 18.4 Å². The van der Waals surface area contributed by atoms with Crippen molar-refractivity contribution in [3.8, 4) is 0 Å². The van der Waals surface area contributed by atoms with Crippen LogP contribution in [0.3, 0.4) is 0 Å². The lowest BCUT2D eigenvalue weighted by Gasteiger charge is -2.35. The van der Waals surface area contributed by atoms with Crippen LogP contribution in [0.15, 0.2) is 24.4 Å². The average Bonchev–Trinajstić information content (AvgIpc) is 3.10. The summed E-state index contributed by atoms with van der Waals surface area (Å²) < 4.78 is 13.7. The van der Waals surface area contributed by atoms with E-state index in [4.69, 9.17) is 0 Å². The fourth-order valence-electron chi connectivity index (χ4n) is 3.42. The van der Waals surface area contributed by atoms with E-state index in [1.807, 2.05) is 31.7 Å². The molecule has 2 heterocycles. The van der Waals surface area contributed by atoms with E-state index in [0.717, 1.165) is 10.4 Å². The summed E-state index contributed by atoms with van der Waals surface area (Å²) in [6, 6.07) is 5.22. The number of carbonyl (C=O) groups excluding carboxylic acids is 2. The highest BCUT2D eigenvalue weighted by atomic mass is 32.1. The molecule has 2 aromatic rings. The van der Waals surface area contributed by atoms with Crippen molar-refractivity contribution >= 4 is 28.3 Å². The van der Waals surface area contributed by atoms with Crippen LogP contribution in [-0.2, 0) is 16.0 Å². The summed E-state index contributed by atoms with van der Waals surface area (Å²) in [5, 5.41) is 3.46. The molecule has 0 saturated carbocycles. The van der Waals surface area contributed by atoms with Crippen LogP contribution in [0.2, 0.25) is 0 Å². The Hall–Kier alpha value is -2.28. The van der Waals surface area contributed by atoms with Crippen molar-refractivity contribution in [3.05, 3.63) is 46.2 Å². The lowest BCUT2D eigenvalue weighted by molar-refractivity contribution is -0.142. The van der Waals surface area contributed by atoms with E-state index in [1.54, 1.807) is 25.3 Å². The number of benzene rings is 1. The number of likely N-dealkylation sites (tertiary alicyclic amines) is 1. The third kappa shape index (κ3) is 5.41. The number of aromatic nitrogens is 1. The SMILES string of the molecule is Cc1ccc(Cc2cnc(NC(=O)C3CCN(C(=O)C(C)(C)C)CC3)s2)cc1F. The first-order chi connectivity index (χ1) is 13.6. The number of thiazole rings is 1. The highest BCUT2D eigenvalue weighted by Crippen LogP contribution is 2.26. The smallest absolute Gasteiger partial charge is 0.229 e. The standard InChI is InChI=1S/C22H28FN3O2S/c1-14-5-6-15(12-18(14)23)11-17-13-24-21(29-17)25-19(27)16-7-9-26(10-8-16)20(28)22(2,3)4/h5-6,12-13,16H,7-11H2,1-4H3,(H,24,25,27). The summed E-state index contributed by atoms with van der Waals surface area (Å²) in [5.74, 6) is -0.238. The van der Waals surface area contributed by atoms with Gasteiger partial charge in [-0.2, -0.15) is 0 Å². The minimum Gasteiger partial charge on any atom is -0.342 e. The fourth-order valence-corrected chi connectivity index (χ4v) is 4.27. The van der Waals surface area contributed by atoms with E-state index in [-0.39, 0.29) is 23.5 Å². The van der Waals surface area contributed by atoms with Crippen LogP contribution in [-0.4, -0.2) is 34.8 Å². The molecule has 0 bridgehead atoms. The van der Waals surface area contributed by atoms with Crippen LogP contribution in [0.4, 0.5) is 9.52 Å². The lowest BCUT2D eigenvalue weighted by atomic mass is 9.91. The molecule has 1 N–H and O–H groups in total. The van der Waals surface area contributed by atoms with Crippen LogP contribution in [0.5, 0.6) is 0 Å². The van der Waals surface area contributed by atoms with Gasteiger partial charge in [-0.1, -0.05) is 32.9 Å². The topological polar surface area (TPSA) is 62.3 Å². The molecule has 0 unspecified atom stereocenters. The van der Waals surface area contributed by atoms with E-state index in [1.165, 1.54) is 11.3 Å². The van der Waals surface area contributed by atoms with E-state index in [0.29, 0.717) is 43.0 Å². The predicted molar refractivity (Wildman–Crippen MR) is 113 cm³/mol. The van der Waals surface area contributed by atoms with Gasteiger partial charge in [-0.25, -0.2) is 9.37 Å². The molecule has 0 spiro atoms. The van der Waals surface area contributed by atoms with Gasteiger partial charge >= 0.3 is 0 Å². The molecule has 1 aliphatic heterocycles. The molecule has 1 aromatic heterocycles. The Kier molecular flexibility index (Phi) is 6.36. The molecule has 1 saturated heterocycles. The molecule has 2 amide bonds. The Balaban J connectivity index is 1.53. The van der Waals surface area contributed by atoms with E-state index >= 15 is 0 Å². The second-order valence-corrected chi connectivity index (χ2v) is 9.81. The summed E-state index contributed by atoms with van der Waals surface area (Å²) in [4.78, 5) is 32.1. The molecule has 29 heavy (non-hydrogen) atoms. The molecule has 0 atom stereocenters. The molecule has 1 aromatic carbocycles. The number of rotatable bonds is 4. The summed E-state index contributed by atoms with van der Waals surface area (Å²) in [6.07, 6.45) is 3.63. The molecule has 5 nitrogen and oxygen atoms in total. The number of hydrogen-bond acceptors (Lipinski definition) is 4. The number of carbonyl (C=O) groups is 2. The normalized spacial score (nSPS) is 15.4. The molecule has 3 rings (SSSR count). The van der Waals surface area contributed by atoms with Crippen molar-refractivity contribution in [1.82, 2.24) is 9.88 Å². The molecular weight excluding hydrogens is 389 g/mol. The van der Waals surface area contributed by atoms with Crippen molar-refractivity contribution in [2.45, 2.75) is 47.0 Å². The molecule has 0 radical (unpaired) electrons. The zero-order chi connectivity index (χ0) is 21.2. The Morgan fingerprint density at radius 3 is 2.59 bits per heavy atom. The quantitative estimate of drug-likeness (QED) is 0.802. The minimum absolute atomic E-state index is 0.0462. The molecule has 156 valence electrons. The van der Waals surface area contributed by atoms with Crippen molar-refractivity contribution in [3.63, 3.8) is 0 Å². The number of nitrogens with one attached hydrogen (secondary N) is 1. The Morgan fingerprint density at radius 1 is 1.28 bits per heavy atom. The predicted octanol–water partition coefficient (Wildman–Crippen LogP) is 4.40. The first kappa shape index (κ1) is 21.4. The Bertz CT molecular complexity index is 896. The number of piperidine rings is 1. The van der Waals surface area contributed by atoms with Gasteiger partial charge in [-0.05, 0) is 37.0 Å². The highest BCUT2D eigenvalue weighted by molar-refractivity contribution is 7.15. The number of anilines is 1. The van der Waals surface area contributed by atoms with Crippen LogP contribution < -0.4 is 5.32 Å². The van der Waals surface area contributed by atoms with E-state index in [9.17, 15) is 14.0 Å². The molecule has 0 aliphatic carbocycles. The molecule has 1 aliphatic rings. The van der Waals surface area contributed by atoms with Gasteiger partial charge in [0.15, 0.2) is 5.13 Å². The van der Waals surface area contributed by atoms with Gasteiger partial charge in [0.05, 0.1) is 0 Å². The van der Waals surface area contributed by atoms with E-state index in [2.05, 4.69) is 10.3 Å². The molecular formula is C22H28FN3O2S. The first-order valence-electron chi connectivity index (χ1n) is 9.93. The maximum atomic E-state index is 13.7. The van der Waals surface area contributed by atoms with Gasteiger partial charge in [0.25, 0.3) is 0 Å². The molecule has 7 heteroatoms. The number of amides is 2. The fraction of sp³-hybridized carbons (Fsp3) is 0.500. The number of hydrogen-bond donors (Lipinski definition) is 1. The van der Waals surface area contributed by atoms with Gasteiger partial charge in [0.1, 0.15) is 5.82 Å². The second kappa shape index (κ2) is 8.61. The maximum absolute atomic E-state index is 13.7.